The summed E-state index contributed by atoms with van der Waals surface area (Å²) in [4.78, 5) is 16.8. The predicted octanol–water partition coefficient (Wildman–Crippen LogP) is 4.17. The molecule has 28 heavy (non-hydrogen) atoms. The molecule has 0 spiro atoms. The second kappa shape index (κ2) is 8.10. The first kappa shape index (κ1) is 18.0. The van der Waals surface area contributed by atoms with Gasteiger partial charge in [-0.1, -0.05) is 65.3 Å². The van der Waals surface area contributed by atoms with Gasteiger partial charge in [0.25, 0.3) is 5.89 Å². The van der Waals surface area contributed by atoms with Gasteiger partial charge in [-0.05, 0) is 23.8 Å². The van der Waals surface area contributed by atoms with E-state index in [2.05, 4.69) is 15.5 Å². The van der Waals surface area contributed by atoms with Crippen LogP contribution in [-0.2, 0) is 17.9 Å². The number of amides is 1. The monoisotopic (exact) mass is 392 g/mol. The van der Waals surface area contributed by atoms with Crippen LogP contribution in [0.1, 0.15) is 5.56 Å². The van der Waals surface area contributed by atoms with E-state index < -0.39 is 0 Å². The van der Waals surface area contributed by atoms with E-state index in [1.807, 2.05) is 60.7 Å². The van der Waals surface area contributed by atoms with Crippen molar-refractivity contribution in [2.24, 2.45) is 0 Å². The molecule has 0 fully saturated rings. The third kappa shape index (κ3) is 3.97. The molecule has 2 heterocycles. The van der Waals surface area contributed by atoms with Crippen LogP contribution in [0.4, 0.5) is 0 Å². The highest BCUT2D eigenvalue weighted by molar-refractivity contribution is 6.31. The van der Waals surface area contributed by atoms with Gasteiger partial charge in [-0.3, -0.25) is 4.79 Å². The Balaban J connectivity index is 1.45. The van der Waals surface area contributed by atoms with E-state index in [0.29, 0.717) is 29.0 Å². The molecule has 0 aliphatic carbocycles. The van der Waals surface area contributed by atoms with Crippen LogP contribution in [0.3, 0.4) is 0 Å². The highest BCUT2D eigenvalue weighted by Crippen LogP contribution is 2.22. The summed E-state index contributed by atoms with van der Waals surface area (Å²) >= 11 is 6.12. The molecule has 2 aromatic carbocycles. The lowest BCUT2D eigenvalue weighted by atomic mass is 10.2. The summed E-state index contributed by atoms with van der Waals surface area (Å²) in [6.45, 7) is 0.504. The smallest absolute Gasteiger partial charge is 0.274 e. The van der Waals surface area contributed by atoms with Crippen molar-refractivity contribution < 1.29 is 9.32 Å². The fraction of sp³-hybridized carbons (Fsp3) is 0.0952. The average Bonchev–Trinajstić information content (AvgIpc) is 3.37. The van der Waals surface area contributed by atoms with Crippen LogP contribution in [0.2, 0.25) is 5.02 Å². The van der Waals surface area contributed by atoms with E-state index in [1.165, 1.54) is 0 Å². The first-order valence-corrected chi connectivity index (χ1v) is 9.13. The van der Waals surface area contributed by atoms with E-state index in [9.17, 15) is 4.79 Å². The average molecular weight is 393 g/mol. The van der Waals surface area contributed by atoms with Gasteiger partial charge in [0.15, 0.2) is 0 Å². The number of aromatic nitrogens is 3. The molecule has 0 atom stereocenters. The Hall–Kier alpha value is -3.38. The second-order valence-corrected chi connectivity index (χ2v) is 6.59. The van der Waals surface area contributed by atoms with Crippen LogP contribution in [0.25, 0.3) is 23.0 Å². The van der Waals surface area contributed by atoms with Gasteiger partial charge in [0.05, 0.1) is 0 Å². The van der Waals surface area contributed by atoms with Gasteiger partial charge in [-0.2, -0.15) is 4.98 Å². The van der Waals surface area contributed by atoms with E-state index >= 15 is 0 Å². The Morgan fingerprint density at radius 3 is 2.64 bits per heavy atom. The van der Waals surface area contributed by atoms with Gasteiger partial charge in [-0.15, -0.1) is 0 Å². The van der Waals surface area contributed by atoms with Crippen molar-refractivity contribution in [2.75, 3.05) is 0 Å². The Labute approximate surface area is 166 Å². The van der Waals surface area contributed by atoms with E-state index in [-0.39, 0.29) is 12.5 Å². The van der Waals surface area contributed by atoms with Gasteiger partial charge in [-0.25, -0.2) is 0 Å². The quantitative estimate of drug-likeness (QED) is 0.534. The molecule has 6 nitrogen and oxygen atoms in total. The predicted molar refractivity (Wildman–Crippen MR) is 106 cm³/mol. The zero-order valence-corrected chi connectivity index (χ0v) is 15.6. The summed E-state index contributed by atoms with van der Waals surface area (Å²) in [6, 6.07) is 20.7. The summed E-state index contributed by atoms with van der Waals surface area (Å²) in [7, 11) is 0. The van der Waals surface area contributed by atoms with Gasteiger partial charge in [0, 0.05) is 23.3 Å². The van der Waals surface area contributed by atoms with Crippen molar-refractivity contribution in [3.63, 3.8) is 0 Å². The molecule has 2 aromatic heterocycles. The molecular weight excluding hydrogens is 376 g/mol. The Bertz CT molecular complexity index is 1090. The Kier molecular flexibility index (Phi) is 5.21. The van der Waals surface area contributed by atoms with Crippen molar-refractivity contribution >= 4 is 17.5 Å². The molecule has 0 aliphatic rings. The third-order valence-electron chi connectivity index (χ3n) is 4.25. The van der Waals surface area contributed by atoms with Crippen LogP contribution >= 0.6 is 11.6 Å². The fourth-order valence-electron chi connectivity index (χ4n) is 2.82. The largest absolute Gasteiger partial charge is 0.350 e. The summed E-state index contributed by atoms with van der Waals surface area (Å²) in [5, 5.41) is 7.54. The molecule has 0 unspecified atom stereocenters. The maximum absolute atomic E-state index is 12.4. The normalized spacial score (nSPS) is 10.8. The highest BCUT2D eigenvalue weighted by Gasteiger charge is 2.15. The molecule has 0 aliphatic heterocycles. The molecule has 1 amide bonds. The van der Waals surface area contributed by atoms with Crippen LogP contribution in [0, 0.1) is 0 Å². The lowest BCUT2D eigenvalue weighted by Crippen LogP contribution is -2.27. The highest BCUT2D eigenvalue weighted by atomic mass is 35.5. The minimum Gasteiger partial charge on any atom is -0.350 e. The zero-order valence-electron chi connectivity index (χ0n) is 14.9. The number of nitrogens with one attached hydrogen (secondary N) is 1. The topological polar surface area (TPSA) is 73.0 Å². The minimum atomic E-state index is -0.139. The molecule has 4 rings (SSSR count). The van der Waals surface area contributed by atoms with E-state index in [4.69, 9.17) is 16.1 Å². The van der Waals surface area contributed by atoms with Gasteiger partial charge >= 0.3 is 0 Å². The maximum Gasteiger partial charge on any atom is 0.274 e. The van der Waals surface area contributed by atoms with Crippen LogP contribution in [-0.4, -0.2) is 20.6 Å². The molecule has 0 saturated heterocycles. The summed E-state index contributed by atoms with van der Waals surface area (Å²) in [5.41, 5.74) is 2.42. The molecule has 0 radical (unpaired) electrons. The van der Waals surface area contributed by atoms with Crippen LogP contribution < -0.4 is 5.32 Å². The number of nitrogens with zero attached hydrogens (tertiary/aromatic N) is 3. The van der Waals surface area contributed by atoms with Gasteiger partial charge < -0.3 is 14.4 Å². The lowest BCUT2D eigenvalue weighted by Gasteiger charge is -2.09. The molecule has 4 aromatic rings. The van der Waals surface area contributed by atoms with Crippen molar-refractivity contribution in [2.45, 2.75) is 13.1 Å². The van der Waals surface area contributed by atoms with Gasteiger partial charge in [0.2, 0.25) is 11.7 Å². The second-order valence-electron chi connectivity index (χ2n) is 6.18. The maximum atomic E-state index is 12.4. The van der Waals surface area contributed by atoms with Crippen molar-refractivity contribution in [1.82, 2.24) is 20.0 Å². The first-order chi connectivity index (χ1) is 13.7. The number of benzene rings is 2. The zero-order chi connectivity index (χ0) is 19.3. The molecule has 0 bridgehead atoms. The molecule has 0 saturated carbocycles. The third-order valence-corrected chi connectivity index (χ3v) is 4.62. The summed E-state index contributed by atoms with van der Waals surface area (Å²) < 4.78 is 7.17. The SMILES string of the molecule is O=C(Cn1cccc1-c1nc(-c2ccccc2)no1)NCc1ccccc1Cl. The number of hydrogen-bond donors (Lipinski definition) is 1. The first-order valence-electron chi connectivity index (χ1n) is 8.75. The van der Waals surface area contributed by atoms with Crippen LogP contribution in [0.15, 0.2) is 77.4 Å². The number of hydrogen-bond acceptors (Lipinski definition) is 4. The summed E-state index contributed by atoms with van der Waals surface area (Å²) in [5.74, 6) is 0.731. The van der Waals surface area contributed by atoms with Gasteiger partial charge in [0.1, 0.15) is 12.2 Å². The Morgan fingerprint density at radius 1 is 1.04 bits per heavy atom. The van der Waals surface area contributed by atoms with Crippen molar-refractivity contribution in [3.8, 4) is 23.0 Å². The summed E-state index contributed by atoms with van der Waals surface area (Å²) in [6.07, 6.45) is 1.80. The Morgan fingerprint density at radius 2 is 1.82 bits per heavy atom. The van der Waals surface area contributed by atoms with E-state index in [0.717, 1.165) is 11.1 Å². The number of halogens is 1. The molecular formula is C21H17ClN4O2. The lowest BCUT2D eigenvalue weighted by molar-refractivity contribution is -0.121. The standard InChI is InChI=1S/C21H17ClN4O2/c22-17-10-5-4-9-16(17)13-23-19(27)14-26-12-6-11-18(26)21-24-20(25-28-21)15-7-2-1-3-8-15/h1-12H,13-14H2,(H,23,27). The van der Waals surface area contributed by atoms with Crippen molar-refractivity contribution in [3.05, 3.63) is 83.5 Å². The molecule has 1 N–H and O–H groups in total. The van der Waals surface area contributed by atoms with Crippen molar-refractivity contribution in [1.29, 1.82) is 0 Å². The molecule has 7 heteroatoms. The number of rotatable bonds is 6. The molecule has 140 valence electrons. The minimum absolute atomic E-state index is 0.135. The van der Waals surface area contributed by atoms with Crippen LogP contribution in [0.5, 0.6) is 0 Å². The number of carbonyl (C=O) groups is 1. The fourth-order valence-corrected chi connectivity index (χ4v) is 3.03. The number of carbonyl (C=O) groups excluding carboxylic acids is 1. The van der Waals surface area contributed by atoms with E-state index in [1.54, 1.807) is 16.8 Å².